The number of para-hydroxylation sites is 1. The van der Waals surface area contributed by atoms with Gasteiger partial charge in [0.25, 0.3) is 0 Å². The largest absolute Gasteiger partial charge is 0.369 e. The standard InChI is InChI=1S/C21H19BrN6/c22-19-3-1-2-4-20(19)27-25-13-15-5-9-17(10-6-15)18-11-7-16(8-12-18)14-26-28-21(23)24/h1-14,27H,(H4,23,24,28)/b25-13+,26-14+. The summed E-state index contributed by atoms with van der Waals surface area (Å²) in [6.07, 6.45) is 3.38. The molecule has 0 fully saturated rings. The molecule has 0 aromatic heterocycles. The lowest BCUT2D eigenvalue weighted by Crippen LogP contribution is -2.21. The predicted octanol–water partition coefficient (Wildman–Crippen LogP) is 4.17. The van der Waals surface area contributed by atoms with Crippen molar-refractivity contribution in [2.75, 3.05) is 5.43 Å². The molecule has 0 unspecified atom stereocenters. The van der Waals surface area contributed by atoms with Crippen LogP contribution < -0.4 is 16.9 Å². The normalized spacial score (nSPS) is 11.0. The number of anilines is 1. The zero-order valence-corrected chi connectivity index (χ0v) is 16.5. The van der Waals surface area contributed by atoms with Gasteiger partial charge in [-0.05, 0) is 50.3 Å². The molecule has 0 saturated carbocycles. The van der Waals surface area contributed by atoms with E-state index >= 15 is 0 Å². The Kier molecular flexibility index (Phi) is 6.54. The van der Waals surface area contributed by atoms with Crippen LogP contribution in [0.25, 0.3) is 11.1 Å². The predicted molar refractivity (Wildman–Crippen MR) is 121 cm³/mol. The molecule has 5 N–H and O–H groups in total. The number of hydrogen-bond acceptors (Lipinski definition) is 4. The average molecular weight is 435 g/mol. The molecule has 0 aliphatic heterocycles. The van der Waals surface area contributed by atoms with E-state index in [9.17, 15) is 0 Å². The van der Waals surface area contributed by atoms with Gasteiger partial charge in [0.05, 0.1) is 18.1 Å². The molecule has 7 heteroatoms. The summed E-state index contributed by atoms with van der Waals surface area (Å²) < 4.78 is 0.967. The van der Waals surface area contributed by atoms with E-state index in [0.717, 1.165) is 32.4 Å². The molecule has 0 amide bonds. The lowest BCUT2D eigenvalue weighted by Gasteiger charge is -2.04. The Labute approximate surface area is 171 Å². The highest BCUT2D eigenvalue weighted by Crippen LogP contribution is 2.21. The summed E-state index contributed by atoms with van der Waals surface area (Å²) in [6, 6.07) is 23.9. The van der Waals surface area contributed by atoms with Gasteiger partial charge < -0.3 is 11.5 Å². The van der Waals surface area contributed by atoms with Gasteiger partial charge >= 0.3 is 0 Å². The lowest BCUT2D eigenvalue weighted by atomic mass is 10.0. The highest BCUT2D eigenvalue weighted by atomic mass is 79.9. The Morgan fingerprint density at radius 3 is 1.93 bits per heavy atom. The summed E-state index contributed by atoms with van der Waals surface area (Å²) in [6.45, 7) is 0. The van der Waals surface area contributed by atoms with Crippen molar-refractivity contribution < 1.29 is 0 Å². The van der Waals surface area contributed by atoms with E-state index in [-0.39, 0.29) is 5.96 Å². The minimum atomic E-state index is -0.0666. The third-order valence-electron chi connectivity index (χ3n) is 3.81. The molecule has 28 heavy (non-hydrogen) atoms. The molecule has 3 rings (SSSR count). The summed E-state index contributed by atoms with van der Waals surface area (Å²) in [4.78, 5) is 0. The molecule has 0 atom stereocenters. The first-order chi connectivity index (χ1) is 13.6. The minimum Gasteiger partial charge on any atom is -0.369 e. The quantitative estimate of drug-likeness (QED) is 0.308. The number of hydrazone groups is 1. The van der Waals surface area contributed by atoms with Crippen molar-refractivity contribution in [1.82, 2.24) is 0 Å². The number of halogens is 1. The van der Waals surface area contributed by atoms with Crippen molar-refractivity contribution in [3.8, 4) is 11.1 Å². The second-order valence-electron chi connectivity index (χ2n) is 5.86. The zero-order valence-electron chi connectivity index (χ0n) is 15.0. The molecular formula is C21H19BrN6. The lowest BCUT2D eigenvalue weighted by molar-refractivity contribution is 1.21. The fourth-order valence-electron chi connectivity index (χ4n) is 2.41. The molecule has 3 aromatic carbocycles. The van der Waals surface area contributed by atoms with Gasteiger partial charge in [-0.2, -0.15) is 10.2 Å². The maximum atomic E-state index is 5.23. The molecule has 0 saturated heterocycles. The highest BCUT2D eigenvalue weighted by molar-refractivity contribution is 9.10. The van der Waals surface area contributed by atoms with E-state index in [1.165, 1.54) is 0 Å². The van der Waals surface area contributed by atoms with Gasteiger partial charge in [-0.15, -0.1) is 5.10 Å². The van der Waals surface area contributed by atoms with E-state index in [2.05, 4.69) is 48.8 Å². The van der Waals surface area contributed by atoms with Crippen molar-refractivity contribution in [2.45, 2.75) is 0 Å². The van der Waals surface area contributed by atoms with Gasteiger partial charge in [0, 0.05) is 4.47 Å². The SMILES string of the molecule is NC(N)=N/N=C/c1ccc(-c2ccc(/C=N/Nc3ccccc3Br)cc2)cc1. The number of hydrogen-bond donors (Lipinski definition) is 3. The summed E-state index contributed by atoms with van der Waals surface area (Å²) in [5.74, 6) is -0.0666. The molecule has 0 aliphatic rings. The van der Waals surface area contributed by atoms with E-state index in [0.29, 0.717) is 0 Å². The van der Waals surface area contributed by atoms with Crippen molar-refractivity contribution in [3.05, 3.63) is 88.4 Å². The number of nitrogens with two attached hydrogens (primary N) is 2. The first kappa shape index (κ1) is 19.3. The molecule has 0 heterocycles. The van der Waals surface area contributed by atoms with E-state index < -0.39 is 0 Å². The summed E-state index contributed by atoms with van der Waals surface area (Å²) >= 11 is 3.48. The van der Waals surface area contributed by atoms with E-state index in [1.54, 1.807) is 12.4 Å². The van der Waals surface area contributed by atoms with Gasteiger partial charge in [0.1, 0.15) is 0 Å². The van der Waals surface area contributed by atoms with E-state index in [1.807, 2.05) is 60.7 Å². The summed E-state index contributed by atoms with van der Waals surface area (Å²) in [5.41, 5.74) is 18.5. The van der Waals surface area contributed by atoms with Crippen LogP contribution in [0.2, 0.25) is 0 Å². The van der Waals surface area contributed by atoms with Gasteiger partial charge in [0.2, 0.25) is 5.96 Å². The van der Waals surface area contributed by atoms with Crippen LogP contribution in [-0.2, 0) is 0 Å². The average Bonchev–Trinajstić information content (AvgIpc) is 2.70. The van der Waals surface area contributed by atoms with Crippen LogP contribution in [0.5, 0.6) is 0 Å². The van der Waals surface area contributed by atoms with Gasteiger partial charge in [-0.25, -0.2) is 0 Å². The van der Waals surface area contributed by atoms with Crippen molar-refractivity contribution in [1.29, 1.82) is 0 Å². The fraction of sp³-hybridized carbons (Fsp3) is 0. The number of guanidine groups is 1. The Hall–Kier alpha value is -3.45. The first-order valence-corrected chi connectivity index (χ1v) is 9.27. The summed E-state index contributed by atoms with van der Waals surface area (Å²) in [7, 11) is 0. The molecule has 0 radical (unpaired) electrons. The first-order valence-electron chi connectivity index (χ1n) is 8.48. The number of nitrogens with one attached hydrogen (secondary N) is 1. The second kappa shape index (κ2) is 9.48. The Morgan fingerprint density at radius 2 is 1.36 bits per heavy atom. The van der Waals surface area contributed by atoms with Crippen molar-refractivity contribution >= 4 is 40.0 Å². The molecule has 140 valence electrons. The van der Waals surface area contributed by atoms with Crippen LogP contribution in [0, 0.1) is 0 Å². The summed E-state index contributed by atoms with van der Waals surface area (Å²) in [5, 5.41) is 11.7. The Balaban J connectivity index is 1.64. The highest BCUT2D eigenvalue weighted by Gasteiger charge is 1.98. The smallest absolute Gasteiger partial charge is 0.211 e. The van der Waals surface area contributed by atoms with Crippen LogP contribution in [0.3, 0.4) is 0 Å². The second-order valence-corrected chi connectivity index (χ2v) is 6.72. The monoisotopic (exact) mass is 434 g/mol. The van der Waals surface area contributed by atoms with Crippen LogP contribution in [-0.4, -0.2) is 18.4 Å². The van der Waals surface area contributed by atoms with Crippen molar-refractivity contribution in [3.63, 3.8) is 0 Å². The molecule has 0 spiro atoms. The third-order valence-corrected chi connectivity index (χ3v) is 4.50. The topological polar surface area (TPSA) is 101 Å². The maximum absolute atomic E-state index is 5.23. The third kappa shape index (κ3) is 5.52. The maximum Gasteiger partial charge on any atom is 0.211 e. The fourth-order valence-corrected chi connectivity index (χ4v) is 2.79. The Bertz CT molecular complexity index is 1000. The van der Waals surface area contributed by atoms with Crippen molar-refractivity contribution in [2.24, 2.45) is 26.8 Å². The van der Waals surface area contributed by atoms with E-state index in [4.69, 9.17) is 11.5 Å². The van der Waals surface area contributed by atoms with Crippen LogP contribution in [0.1, 0.15) is 11.1 Å². The van der Waals surface area contributed by atoms with Gasteiger partial charge in [0.15, 0.2) is 0 Å². The van der Waals surface area contributed by atoms with Crippen LogP contribution >= 0.6 is 15.9 Å². The number of nitrogens with zero attached hydrogens (tertiary/aromatic N) is 3. The van der Waals surface area contributed by atoms with Gasteiger partial charge in [-0.3, -0.25) is 5.43 Å². The minimum absolute atomic E-state index is 0.0666. The molecule has 6 nitrogen and oxygen atoms in total. The van der Waals surface area contributed by atoms with Crippen LogP contribution in [0.4, 0.5) is 5.69 Å². The zero-order chi connectivity index (χ0) is 19.8. The molecule has 3 aromatic rings. The number of rotatable bonds is 6. The Morgan fingerprint density at radius 1 is 0.786 bits per heavy atom. The van der Waals surface area contributed by atoms with Crippen LogP contribution in [0.15, 0.2) is 92.6 Å². The van der Waals surface area contributed by atoms with Gasteiger partial charge in [-0.1, -0.05) is 60.7 Å². The molecular weight excluding hydrogens is 416 g/mol. The molecule has 0 bridgehead atoms. The molecule has 0 aliphatic carbocycles. The number of benzene rings is 3.